The fourth-order valence-electron chi connectivity index (χ4n) is 3.65. The molecule has 0 saturated carbocycles. The first-order valence-corrected chi connectivity index (χ1v) is 10.4. The second kappa shape index (κ2) is 10.8. The molecule has 0 atom stereocenters. The summed E-state index contributed by atoms with van der Waals surface area (Å²) in [5.74, 6) is -0.455. The number of anilines is 1. The zero-order chi connectivity index (χ0) is 22.2. The van der Waals surface area contributed by atoms with Crippen LogP contribution in [0.4, 0.5) is 5.69 Å². The predicted molar refractivity (Wildman–Crippen MR) is 114 cm³/mol. The maximum absolute atomic E-state index is 12.1. The number of benzene rings is 1. The highest BCUT2D eigenvalue weighted by molar-refractivity contribution is 6.00. The van der Waals surface area contributed by atoms with Crippen molar-refractivity contribution in [1.29, 1.82) is 0 Å². The van der Waals surface area contributed by atoms with Crippen LogP contribution in [0.15, 0.2) is 24.3 Å². The van der Waals surface area contributed by atoms with Crippen molar-refractivity contribution < 1.29 is 23.8 Å². The van der Waals surface area contributed by atoms with E-state index >= 15 is 0 Å². The molecule has 1 saturated heterocycles. The highest BCUT2D eigenvalue weighted by Gasteiger charge is 2.27. The van der Waals surface area contributed by atoms with E-state index in [-0.39, 0.29) is 11.4 Å². The van der Waals surface area contributed by atoms with Crippen LogP contribution in [0.5, 0.6) is 5.75 Å². The van der Waals surface area contributed by atoms with Crippen LogP contribution in [-0.4, -0.2) is 85.4 Å². The van der Waals surface area contributed by atoms with Gasteiger partial charge < -0.3 is 19.1 Å². The summed E-state index contributed by atoms with van der Waals surface area (Å²) in [6.45, 7) is 7.59. The Labute approximate surface area is 181 Å². The topological polar surface area (TPSA) is 99.0 Å². The van der Waals surface area contributed by atoms with E-state index in [1.165, 1.54) is 18.9 Å². The van der Waals surface area contributed by atoms with Crippen LogP contribution in [-0.2, 0) is 16.0 Å². The molecule has 1 fully saturated rings. The summed E-state index contributed by atoms with van der Waals surface area (Å²) in [6.07, 6.45) is 0.753. The second-order valence-corrected chi connectivity index (χ2v) is 7.08. The number of hydrogen-bond acceptors (Lipinski definition) is 9. The quantitative estimate of drug-likeness (QED) is 0.546. The zero-order valence-corrected chi connectivity index (χ0v) is 18.2. The van der Waals surface area contributed by atoms with Gasteiger partial charge in [0, 0.05) is 39.3 Å². The third kappa shape index (κ3) is 5.32. The van der Waals surface area contributed by atoms with Crippen molar-refractivity contribution in [2.75, 3.05) is 58.5 Å². The molecule has 10 nitrogen and oxygen atoms in total. The maximum atomic E-state index is 12.1. The Morgan fingerprint density at radius 2 is 1.71 bits per heavy atom. The smallest absolute Gasteiger partial charge is 0.361 e. The van der Waals surface area contributed by atoms with Crippen LogP contribution in [0.25, 0.3) is 0 Å². The van der Waals surface area contributed by atoms with Gasteiger partial charge in [-0.2, -0.15) is 0 Å². The summed E-state index contributed by atoms with van der Waals surface area (Å²) in [5, 5.41) is 7.73. The number of nitrogens with zero attached hydrogens (tertiary/aromatic N) is 5. The lowest BCUT2D eigenvalue weighted by Gasteiger charge is -2.36. The van der Waals surface area contributed by atoms with Gasteiger partial charge in [-0.3, -0.25) is 4.90 Å². The summed E-state index contributed by atoms with van der Waals surface area (Å²) in [5.41, 5.74) is 1.02. The number of hydrogen-bond donors (Lipinski definition) is 0. The van der Waals surface area contributed by atoms with Crippen molar-refractivity contribution in [3.05, 3.63) is 35.7 Å². The standard InChI is InChI=1S/C21H29N5O5/c1-4-31-17-9-6-5-8-16(17)25-14-12-24(13-15-25)10-7-11-26-19(21(28)30-3)18(22-23-26)20(27)29-2/h5-6,8-9H,4,7,10-15H2,1-3H3. The molecular weight excluding hydrogens is 402 g/mol. The number of aryl methyl sites for hydroxylation is 1. The first kappa shape index (κ1) is 22.5. The highest BCUT2D eigenvalue weighted by atomic mass is 16.5. The minimum Gasteiger partial charge on any atom is -0.492 e. The number of esters is 2. The van der Waals surface area contributed by atoms with Crippen LogP contribution in [0.2, 0.25) is 0 Å². The summed E-state index contributed by atoms with van der Waals surface area (Å²) in [7, 11) is 2.48. The first-order chi connectivity index (χ1) is 15.1. The average molecular weight is 431 g/mol. The van der Waals surface area contributed by atoms with E-state index in [0.717, 1.165) is 50.6 Å². The lowest BCUT2D eigenvalue weighted by atomic mass is 10.2. The number of methoxy groups -OCH3 is 2. The van der Waals surface area contributed by atoms with Gasteiger partial charge in [0.25, 0.3) is 0 Å². The lowest BCUT2D eigenvalue weighted by Crippen LogP contribution is -2.46. The van der Waals surface area contributed by atoms with Crippen molar-refractivity contribution in [2.45, 2.75) is 19.9 Å². The van der Waals surface area contributed by atoms with Gasteiger partial charge in [-0.25, -0.2) is 14.3 Å². The van der Waals surface area contributed by atoms with E-state index in [2.05, 4.69) is 30.9 Å². The van der Waals surface area contributed by atoms with E-state index < -0.39 is 11.9 Å². The fraction of sp³-hybridized carbons (Fsp3) is 0.524. The van der Waals surface area contributed by atoms with Crippen LogP contribution >= 0.6 is 0 Å². The molecule has 1 aliphatic heterocycles. The Bertz CT molecular complexity index is 892. The van der Waals surface area contributed by atoms with E-state index in [1.54, 1.807) is 0 Å². The Morgan fingerprint density at radius 1 is 1.00 bits per heavy atom. The SMILES string of the molecule is CCOc1ccccc1N1CCN(CCCn2nnc(C(=O)OC)c2C(=O)OC)CC1. The molecule has 0 bridgehead atoms. The van der Waals surface area contributed by atoms with Crippen molar-refractivity contribution in [3.63, 3.8) is 0 Å². The van der Waals surface area contributed by atoms with Gasteiger partial charge in [0.2, 0.25) is 5.69 Å². The van der Waals surface area contributed by atoms with Gasteiger partial charge in [-0.15, -0.1) is 5.10 Å². The van der Waals surface area contributed by atoms with E-state index in [4.69, 9.17) is 9.47 Å². The van der Waals surface area contributed by atoms with Gasteiger partial charge in [0.1, 0.15) is 5.75 Å². The number of carbonyl (C=O) groups excluding carboxylic acids is 2. The minimum atomic E-state index is -0.713. The number of para-hydroxylation sites is 2. The normalized spacial score (nSPS) is 14.4. The predicted octanol–water partition coefficient (Wildman–Crippen LogP) is 1.46. The summed E-state index contributed by atoms with van der Waals surface area (Å²) in [6, 6.07) is 8.12. The Kier molecular flexibility index (Phi) is 7.82. The molecule has 2 heterocycles. The summed E-state index contributed by atoms with van der Waals surface area (Å²) in [4.78, 5) is 28.6. The van der Waals surface area contributed by atoms with Gasteiger partial charge in [-0.05, 0) is 25.5 Å². The molecule has 0 aliphatic carbocycles. The zero-order valence-electron chi connectivity index (χ0n) is 18.2. The van der Waals surface area contributed by atoms with E-state index in [0.29, 0.717) is 13.2 Å². The van der Waals surface area contributed by atoms with Crippen LogP contribution in [0, 0.1) is 0 Å². The molecule has 31 heavy (non-hydrogen) atoms. The highest BCUT2D eigenvalue weighted by Crippen LogP contribution is 2.28. The Balaban J connectivity index is 1.54. The number of aromatic nitrogens is 3. The molecule has 1 aromatic heterocycles. The third-order valence-corrected chi connectivity index (χ3v) is 5.21. The lowest BCUT2D eigenvalue weighted by molar-refractivity contribution is 0.0543. The fourth-order valence-corrected chi connectivity index (χ4v) is 3.65. The maximum Gasteiger partial charge on any atom is 0.361 e. The summed E-state index contributed by atoms with van der Waals surface area (Å²) < 4.78 is 16.6. The molecule has 0 unspecified atom stereocenters. The Morgan fingerprint density at radius 3 is 2.39 bits per heavy atom. The molecule has 3 rings (SSSR count). The minimum absolute atomic E-state index is 0.0201. The Hall–Kier alpha value is -3.14. The monoisotopic (exact) mass is 431 g/mol. The number of ether oxygens (including phenoxy) is 3. The summed E-state index contributed by atoms with van der Waals surface area (Å²) >= 11 is 0. The van der Waals surface area contributed by atoms with E-state index in [1.807, 2.05) is 25.1 Å². The molecule has 0 spiro atoms. The van der Waals surface area contributed by atoms with Crippen LogP contribution < -0.4 is 9.64 Å². The largest absolute Gasteiger partial charge is 0.492 e. The number of piperazine rings is 1. The van der Waals surface area contributed by atoms with Crippen LogP contribution in [0.3, 0.4) is 0 Å². The van der Waals surface area contributed by atoms with Crippen molar-refractivity contribution in [2.24, 2.45) is 0 Å². The molecule has 0 amide bonds. The van der Waals surface area contributed by atoms with Gasteiger partial charge in [-0.1, -0.05) is 17.3 Å². The average Bonchev–Trinajstić information content (AvgIpc) is 3.23. The van der Waals surface area contributed by atoms with Gasteiger partial charge in [0.05, 0.1) is 26.5 Å². The van der Waals surface area contributed by atoms with Crippen molar-refractivity contribution in [1.82, 2.24) is 19.9 Å². The molecule has 0 radical (unpaired) electrons. The molecule has 0 N–H and O–H groups in total. The molecule has 1 aliphatic rings. The van der Waals surface area contributed by atoms with Crippen molar-refractivity contribution in [3.8, 4) is 5.75 Å². The van der Waals surface area contributed by atoms with Crippen LogP contribution in [0.1, 0.15) is 34.3 Å². The molecule has 168 valence electrons. The van der Waals surface area contributed by atoms with Crippen molar-refractivity contribution >= 4 is 17.6 Å². The van der Waals surface area contributed by atoms with Gasteiger partial charge >= 0.3 is 11.9 Å². The first-order valence-electron chi connectivity index (χ1n) is 10.4. The molecule has 10 heteroatoms. The third-order valence-electron chi connectivity index (χ3n) is 5.21. The second-order valence-electron chi connectivity index (χ2n) is 7.08. The molecule has 1 aromatic carbocycles. The number of carbonyl (C=O) groups is 2. The number of rotatable bonds is 9. The molecular formula is C21H29N5O5. The molecule has 2 aromatic rings. The van der Waals surface area contributed by atoms with Gasteiger partial charge in [0.15, 0.2) is 5.69 Å². The van der Waals surface area contributed by atoms with E-state index in [9.17, 15) is 9.59 Å².